The number of aromatic nitrogens is 4. The van der Waals surface area contributed by atoms with Gasteiger partial charge in [-0.15, -0.1) is 10.2 Å². The zero-order valence-electron chi connectivity index (χ0n) is 18.4. The third-order valence-electron chi connectivity index (χ3n) is 5.25. The number of ether oxygens (including phenoxy) is 1. The number of thioether (sulfide) groups is 1. The van der Waals surface area contributed by atoms with Crippen LogP contribution in [0.15, 0.2) is 35.5 Å². The van der Waals surface area contributed by atoms with Crippen LogP contribution in [0.1, 0.15) is 40.7 Å². The second kappa shape index (κ2) is 10.1. The fourth-order valence-corrected chi connectivity index (χ4v) is 4.57. The van der Waals surface area contributed by atoms with Gasteiger partial charge in [-0.05, 0) is 46.2 Å². The van der Waals surface area contributed by atoms with E-state index in [-0.39, 0.29) is 5.78 Å². The van der Waals surface area contributed by atoms with Crippen molar-refractivity contribution in [2.75, 3.05) is 19.5 Å². The normalized spacial score (nSPS) is 11.2. The van der Waals surface area contributed by atoms with E-state index in [0.717, 1.165) is 53.0 Å². The molecular formula is C23H30N4O2S. The molecule has 0 N–H and O–H groups in total. The quantitative estimate of drug-likeness (QED) is 0.267. The average Bonchev–Trinajstić information content (AvgIpc) is 3.27. The lowest BCUT2D eigenvalue weighted by Gasteiger charge is -2.09. The summed E-state index contributed by atoms with van der Waals surface area (Å²) in [6.45, 7) is 10.5. The second-order valence-electron chi connectivity index (χ2n) is 7.41. The maximum Gasteiger partial charge on any atom is 0.191 e. The topological polar surface area (TPSA) is 61.9 Å². The number of rotatable bonds is 10. The van der Waals surface area contributed by atoms with Gasteiger partial charge < -0.3 is 13.9 Å². The molecule has 0 saturated carbocycles. The zero-order valence-corrected chi connectivity index (χ0v) is 19.3. The molecular weight excluding hydrogens is 396 g/mol. The lowest BCUT2D eigenvalue weighted by Crippen LogP contribution is -2.09. The van der Waals surface area contributed by atoms with Gasteiger partial charge in [-0.2, -0.15) is 0 Å². The Labute approximate surface area is 182 Å². The molecule has 0 spiro atoms. The molecule has 0 radical (unpaired) electrons. The molecule has 0 aliphatic rings. The lowest BCUT2D eigenvalue weighted by atomic mass is 10.1. The molecule has 30 heavy (non-hydrogen) atoms. The molecule has 0 fully saturated rings. The molecule has 7 heteroatoms. The van der Waals surface area contributed by atoms with E-state index < -0.39 is 0 Å². The van der Waals surface area contributed by atoms with Crippen LogP contribution in [0.2, 0.25) is 0 Å². The Balaban J connectivity index is 1.73. The minimum atomic E-state index is 0.119. The molecule has 0 aliphatic heterocycles. The third kappa shape index (κ3) is 4.84. The van der Waals surface area contributed by atoms with Gasteiger partial charge in [0.2, 0.25) is 0 Å². The summed E-state index contributed by atoms with van der Waals surface area (Å²) < 4.78 is 9.41. The molecule has 0 amide bonds. The highest BCUT2D eigenvalue weighted by molar-refractivity contribution is 7.99. The van der Waals surface area contributed by atoms with E-state index in [1.165, 1.54) is 17.3 Å². The van der Waals surface area contributed by atoms with Gasteiger partial charge in [0, 0.05) is 49.3 Å². The maximum atomic E-state index is 12.9. The highest BCUT2D eigenvalue weighted by Gasteiger charge is 2.19. The zero-order chi connectivity index (χ0) is 21.7. The third-order valence-corrected chi connectivity index (χ3v) is 6.21. The van der Waals surface area contributed by atoms with E-state index in [2.05, 4.69) is 45.3 Å². The van der Waals surface area contributed by atoms with Crippen LogP contribution in [0.25, 0.3) is 11.4 Å². The first-order chi connectivity index (χ1) is 14.5. The fourth-order valence-electron chi connectivity index (χ4n) is 3.68. The van der Waals surface area contributed by atoms with E-state index in [0.29, 0.717) is 12.4 Å². The monoisotopic (exact) mass is 426 g/mol. The Hall–Kier alpha value is -2.38. The van der Waals surface area contributed by atoms with Crippen molar-refractivity contribution in [1.29, 1.82) is 0 Å². The van der Waals surface area contributed by atoms with Crippen LogP contribution < -0.4 is 0 Å². The first-order valence-electron chi connectivity index (χ1n) is 10.3. The average molecular weight is 427 g/mol. The number of nitrogens with zero attached hydrogens (tertiary/aromatic N) is 4. The van der Waals surface area contributed by atoms with Crippen molar-refractivity contribution in [3.05, 3.63) is 52.8 Å². The van der Waals surface area contributed by atoms with Crippen molar-refractivity contribution in [2.24, 2.45) is 0 Å². The Kier molecular flexibility index (Phi) is 7.50. The van der Waals surface area contributed by atoms with Gasteiger partial charge in [0.25, 0.3) is 0 Å². The van der Waals surface area contributed by atoms with E-state index in [1.54, 1.807) is 7.11 Å². The molecule has 0 bridgehead atoms. The minimum Gasteiger partial charge on any atom is -0.385 e. The molecule has 0 unspecified atom stereocenters. The van der Waals surface area contributed by atoms with Crippen LogP contribution in [0.3, 0.4) is 0 Å². The summed E-state index contributed by atoms with van der Waals surface area (Å²) in [4.78, 5) is 12.9. The predicted molar refractivity (Wildman–Crippen MR) is 121 cm³/mol. The number of aryl methyl sites for hydroxylation is 2. The molecule has 160 valence electrons. The molecule has 0 atom stereocenters. The lowest BCUT2D eigenvalue weighted by molar-refractivity contribution is 0.102. The molecule has 2 heterocycles. The molecule has 2 aromatic heterocycles. The Bertz CT molecular complexity index is 1020. The van der Waals surface area contributed by atoms with Crippen LogP contribution >= 0.6 is 11.8 Å². The maximum absolute atomic E-state index is 12.9. The number of ketones is 1. The number of methoxy groups -OCH3 is 1. The summed E-state index contributed by atoms with van der Waals surface area (Å²) in [5, 5.41) is 9.52. The number of hydrogen-bond donors (Lipinski definition) is 0. The smallest absolute Gasteiger partial charge is 0.191 e. The summed E-state index contributed by atoms with van der Waals surface area (Å²) in [6.07, 6.45) is 0.927. The van der Waals surface area contributed by atoms with Gasteiger partial charge in [-0.1, -0.05) is 35.5 Å². The van der Waals surface area contributed by atoms with E-state index in [9.17, 15) is 4.79 Å². The van der Waals surface area contributed by atoms with Gasteiger partial charge in [0.15, 0.2) is 16.8 Å². The summed E-state index contributed by atoms with van der Waals surface area (Å²) in [6, 6.07) is 10.2. The van der Waals surface area contributed by atoms with E-state index in [4.69, 9.17) is 4.74 Å². The van der Waals surface area contributed by atoms with E-state index in [1.807, 2.05) is 32.0 Å². The number of Topliss-reactive ketones (excluding diaryl/α,β-unsaturated/α-hetero) is 1. The van der Waals surface area contributed by atoms with Crippen molar-refractivity contribution >= 4 is 17.5 Å². The second-order valence-corrected chi connectivity index (χ2v) is 8.36. The number of carbonyl (C=O) groups is 1. The highest BCUT2D eigenvalue weighted by Crippen LogP contribution is 2.26. The fraction of sp³-hybridized carbons (Fsp3) is 0.435. The first kappa shape index (κ1) is 22.3. The molecule has 3 aromatic rings. The Morgan fingerprint density at radius 2 is 1.93 bits per heavy atom. The van der Waals surface area contributed by atoms with Gasteiger partial charge in [0.1, 0.15) is 0 Å². The number of benzene rings is 1. The van der Waals surface area contributed by atoms with Crippen LogP contribution in [0.4, 0.5) is 0 Å². The van der Waals surface area contributed by atoms with Crippen LogP contribution in [-0.2, 0) is 17.8 Å². The predicted octanol–water partition coefficient (Wildman–Crippen LogP) is 4.70. The largest absolute Gasteiger partial charge is 0.385 e. The molecule has 0 aliphatic carbocycles. The van der Waals surface area contributed by atoms with Gasteiger partial charge in [-0.25, -0.2) is 0 Å². The van der Waals surface area contributed by atoms with Gasteiger partial charge in [0.05, 0.1) is 5.75 Å². The summed E-state index contributed by atoms with van der Waals surface area (Å²) in [7, 11) is 1.71. The van der Waals surface area contributed by atoms with Crippen molar-refractivity contribution in [1.82, 2.24) is 19.3 Å². The van der Waals surface area contributed by atoms with Crippen molar-refractivity contribution in [3.63, 3.8) is 0 Å². The van der Waals surface area contributed by atoms with Gasteiger partial charge in [-0.3, -0.25) is 4.79 Å². The Morgan fingerprint density at radius 3 is 2.63 bits per heavy atom. The number of hydrogen-bond acceptors (Lipinski definition) is 5. The standard InChI is InChI=1S/C23H30N4O2S/c1-6-26-22(19-10-7-9-16(2)13-19)24-25-23(26)30-15-21(28)20-14-17(3)27(18(20)4)11-8-12-29-5/h7,9-10,13-14H,6,8,11-12,15H2,1-5H3. The van der Waals surface area contributed by atoms with Gasteiger partial charge >= 0.3 is 0 Å². The van der Waals surface area contributed by atoms with E-state index >= 15 is 0 Å². The van der Waals surface area contributed by atoms with Crippen molar-refractivity contribution < 1.29 is 9.53 Å². The Morgan fingerprint density at radius 1 is 1.13 bits per heavy atom. The molecule has 1 aromatic carbocycles. The molecule has 6 nitrogen and oxygen atoms in total. The molecule has 3 rings (SSSR count). The summed E-state index contributed by atoms with van der Waals surface area (Å²) >= 11 is 1.45. The summed E-state index contributed by atoms with van der Waals surface area (Å²) in [5.41, 5.74) is 5.14. The van der Waals surface area contributed by atoms with Crippen LogP contribution in [0.5, 0.6) is 0 Å². The minimum absolute atomic E-state index is 0.119. The summed E-state index contributed by atoms with van der Waals surface area (Å²) in [5.74, 6) is 1.30. The van der Waals surface area contributed by atoms with Crippen molar-refractivity contribution in [2.45, 2.75) is 52.4 Å². The molecule has 0 saturated heterocycles. The van der Waals surface area contributed by atoms with Crippen LogP contribution in [0, 0.1) is 20.8 Å². The SMILES string of the molecule is CCn1c(SCC(=O)c2cc(C)n(CCCOC)c2C)nnc1-c1cccc(C)c1. The number of carbonyl (C=O) groups excluding carboxylic acids is 1. The first-order valence-corrected chi connectivity index (χ1v) is 11.3. The van der Waals surface area contributed by atoms with Crippen molar-refractivity contribution in [3.8, 4) is 11.4 Å². The highest BCUT2D eigenvalue weighted by atomic mass is 32.2. The van der Waals surface area contributed by atoms with Crippen LogP contribution in [-0.4, -0.2) is 44.6 Å².